The van der Waals surface area contributed by atoms with Gasteiger partial charge in [0.2, 0.25) is 5.91 Å². The molecular weight excluding hydrogens is 334 g/mol. The molecule has 1 saturated heterocycles. The van der Waals surface area contributed by atoms with Crippen LogP contribution < -0.4 is 4.74 Å². The van der Waals surface area contributed by atoms with Crippen LogP contribution in [0.5, 0.6) is 5.75 Å². The Hall–Kier alpha value is -2.76. The number of carbonyl (C=O) groups is 2. The standard InChI is InChI=1S/C20H21NO5/c22-19(16-12-26-17-4-2-1-3-14(16)17)21-8-5-13(6-9-21)11-18-15(20(23)24)7-10-25-18/h1-4,7,10,13,16H,5-6,8-9,11-12H2,(H,23,24). The molecule has 3 heterocycles. The summed E-state index contributed by atoms with van der Waals surface area (Å²) in [6.45, 7) is 1.78. The molecule has 1 amide bonds. The van der Waals surface area contributed by atoms with Gasteiger partial charge in [0, 0.05) is 25.1 Å². The van der Waals surface area contributed by atoms with Crippen LogP contribution in [0.1, 0.15) is 40.4 Å². The Balaban J connectivity index is 1.36. The van der Waals surface area contributed by atoms with E-state index < -0.39 is 5.97 Å². The molecule has 136 valence electrons. The van der Waals surface area contributed by atoms with Crippen LogP contribution in [0.25, 0.3) is 0 Å². The van der Waals surface area contributed by atoms with E-state index >= 15 is 0 Å². The molecule has 1 unspecified atom stereocenters. The summed E-state index contributed by atoms with van der Waals surface area (Å²) >= 11 is 0. The largest absolute Gasteiger partial charge is 0.492 e. The Bertz CT molecular complexity index is 819. The maximum Gasteiger partial charge on any atom is 0.339 e. The van der Waals surface area contributed by atoms with Crippen LogP contribution in [0.3, 0.4) is 0 Å². The second kappa shape index (κ2) is 6.86. The van der Waals surface area contributed by atoms with Crippen molar-refractivity contribution in [2.75, 3.05) is 19.7 Å². The minimum atomic E-state index is -0.957. The van der Waals surface area contributed by atoms with Crippen molar-refractivity contribution in [3.05, 3.63) is 53.5 Å². The fraction of sp³-hybridized carbons (Fsp3) is 0.400. The maximum absolute atomic E-state index is 12.9. The van der Waals surface area contributed by atoms with Crippen LogP contribution in [-0.4, -0.2) is 41.6 Å². The topological polar surface area (TPSA) is 80.0 Å². The number of hydrogen-bond acceptors (Lipinski definition) is 4. The summed E-state index contributed by atoms with van der Waals surface area (Å²) < 4.78 is 11.0. The molecule has 2 aliphatic heterocycles. The molecule has 2 aliphatic rings. The molecule has 1 N–H and O–H groups in total. The van der Waals surface area contributed by atoms with Crippen molar-refractivity contribution in [3.63, 3.8) is 0 Å². The number of carbonyl (C=O) groups excluding carboxylic acids is 1. The van der Waals surface area contributed by atoms with Crippen molar-refractivity contribution in [1.82, 2.24) is 4.90 Å². The summed E-state index contributed by atoms with van der Waals surface area (Å²) in [4.78, 5) is 26.0. The van der Waals surface area contributed by atoms with Crippen LogP contribution in [0, 0.1) is 5.92 Å². The molecule has 6 nitrogen and oxygen atoms in total. The van der Waals surface area contributed by atoms with Crippen molar-refractivity contribution in [2.45, 2.75) is 25.2 Å². The number of aromatic carboxylic acids is 1. The second-order valence-electron chi connectivity index (χ2n) is 6.94. The summed E-state index contributed by atoms with van der Waals surface area (Å²) in [5.74, 6) is 0.612. The highest BCUT2D eigenvalue weighted by Crippen LogP contribution is 2.35. The molecular formula is C20H21NO5. The number of piperidine rings is 1. The van der Waals surface area contributed by atoms with E-state index in [0.29, 0.717) is 37.8 Å². The minimum Gasteiger partial charge on any atom is -0.492 e. The molecule has 2 aromatic rings. The first-order valence-corrected chi connectivity index (χ1v) is 8.93. The Morgan fingerprint density at radius 1 is 1.15 bits per heavy atom. The van der Waals surface area contributed by atoms with Gasteiger partial charge in [0.05, 0.1) is 6.26 Å². The van der Waals surface area contributed by atoms with Crippen molar-refractivity contribution in [3.8, 4) is 5.75 Å². The summed E-state index contributed by atoms with van der Waals surface area (Å²) in [6, 6.07) is 9.20. The van der Waals surface area contributed by atoms with Gasteiger partial charge >= 0.3 is 5.97 Å². The first-order chi connectivity index (χ1) is 12.6. The maximum atomic E-state index is 12.9. The number of carboxylic acids is 1. The van der Waals surface area contributed by atoms with Gasteiger partial charge in [-0.2, -0.15) is 0 Å². The molecule has 6 heteroatoms. The van der Waals surface area contributed by atoms with Gasteiger partial charge < -0.3 is 19.2 Å². The van der Waals surface area contributed by atoms with E-state index in [9.17, 15) is 14.7 Å². The summed E-state index contributed by atoms with van der Waals surface area (Å²) in [5, 5.41) is 9.18. The number of furan rings is 1. The third-order valence-corrected chi connectivity index (χ3v) is 5.37. The number of likely N-dealkylation sites (tertiary alicyclic amines) is 1. The van der Waals surface area contributed by atoms with Gasteiger partial charge in [-0.05, 0) is 30.9 Å². The summed E-state index contributed by atoms with van der Waals surface area (Å²) in [5.41, 5.74) is 1.21. The van der Waals surface area contributed by atoms with Gasteiger partial charge in [-0.15, -0.1) is 0 Å². The predicted molar refractivity (Wildman–Crippen MR) is 93.4 cm³/mol. The number of amides is 1. The molecule has 1 atom stereocenters. The van der Waals surface area contributed by atoms with Crippen LogP contribution in [0.15, 0.2) is 41.0 Å². The van der Waals surface area contributed by atoms with E-state index in [-0.39, 0.29) is 17.4 Å². The predicted octanol–water partition coefficient (Wildman–Crippen LogP) is 2.94. The van der Waals surface area contributed by atoms with E-state index in [0.717, 1.165) is 24.2 Å². The lowest BCUT2D eigenvalue weighted by Gasteiger charge is -2.33. The fourth-order valence-electron chi connectivity index (χ4n) is 3.90. The smallest absolute Gasteiger partial charge is 0.339 e. The van der Waals surface area contributed by atoms with Crippen LogP contribution >= 0.6 is 0 Å². The van der Waals surface area contributed by atoms with Crippen molar-refractivity contribution in [1.29, 1.82) is 0 Å². The SMILES string of the molecule is O=C(O)c1ccoc1CC1CCN(C(=O)C2COc3ccccc32)CC1. The van der Waals surface area contributed by atoms with Gasteiger partial charge in [0.15, 0.2) is 0 Å². The first kappa shape index (κ1) is 16.7. The average molecular weight is 355 g/mol. The van der Waals surface area contributed by atoms with Crippen LogP contribution in [0.2, 0.25) is 0 Å². The van der Waals surface area contributed by atoms with E-state index in [2.05, 4.69) is 0 Å². The quantitative estimate of drug-likeness (QED) is 0.912. The highest BCUT2D eigenvalue weighted by molar-refractivity contribution is 5.88. The van der Waals surface area contributed by atoms with Gasteiger partial charge in [-0.3, -0.25) is 4.79 Å². The third-order valence-electron chi connectivity index (χ3n) is 5.37. The van der Waals surface area contributed by atoms with Gasteiger partial charge in [0.25, 0.3) is 0 Å². The zero-order chi connectivity index (χ0) is 18.1. The molecule has 1 aromatic heterocycles. The fourth-order valence-corrected chi connectivity index (χ4v) is 3.90. The van der Waals surface area contributed by atoms with E-state index in [1.807, 2.05) is 29.2 Å². The van der Waals surface area contributed by atoms with Crippen molar-refractivity contribution >= 4 is 11.9 Å². The van der Waals surface area contributed by atoms with Gasteiger partial charge in [0.1, 0.15) is 29.6 Å². The van der Waals surface area contributed by atoms with Crippen molar-refractivity contribution in [2.24, 2.45) is 5.92 Å². The number of hydrogen-bond donors (Lipinski definition) is 1. The normalized spacial score (nSPS) is 19.8. The highest BCUT2D eigenvalue weighted by atomic mass is 16.5. The highest BCUT2D eigenvalue weighted by Gasteiger charge is 2.35. The van der Waals surface area contributed by atoms with E-state index in [4.69, 9.17) is 9.15 Å². The molecule has 0 radical (unpaired) electrons. The molecule has 1 aromatic carbocycles. The zero-order valence-corrected chi connectivity index (χ0v) is 14.4. The molecule has 4 rings (SSSR count). The monoisotopic (exact) mass is 355 g/mol. The first-order valence-electron chi connectivity index (χ1n) is 8.93. The lowest BCUT2D eigenvalue weighted by molar-refractivity contribution is -0.134. The second-order valence-corrected chi connectivity index (χ2v) is 6.94. The Morgan fingerprint density at radius 3 is 2.69 bits per heavy atom. The molecule has 0 spiro atoms. The average Bonchev–Trinajstić information content (AvgIpc) is 3.28. The molecule has 0 saturated carbocycles. The summed E-state index contributed by atoms with van der Waals surface area (Å²) in [7, 11) is 0. The minimum absolute atomic E-state index is 0.123. The lowest BCUT2D eigenvalue weighted by atomic mass is 9.90. The molecule has 26 heavy (non-hydrogen) atoms. The van der Waals surface area contributed by atoms with E-state index in [1.165, 1.54) is 12.3 Å². The number of nitrogens with zero attached hydrogens (tertiary/aromatic N) is 1. The number of ether oxygens (including phenoxy) is 1. The Kier molecular flexibility index (Phi) is 4.41. The number of carboxylic acid groups (broad SMARTS) is 1. The third kappa shape index (κ3) is 3.07. The van der Waals surface area contributed by atoms with E-state index in [1.54, 1.807) is 0 Å². The van der Waals surface area contributed by atoms with Gasteiger partial charge in [-0.1, -0.05) is 18.2 Å². The van der Waals surface area contributed by atoms with Crippen LogP contribution in [-0.2, 0) is 11.2 Å². The van der Waals surface area contributed by atoms with Crippen molar-refractivity contribution < 1.29 is 23.8 Å². The number of fused-ring (bicyclic) bond motifs is 1. The number of para-hydroxylation sites is 1. The lowest BCUT2D eigenvalue weighted by Crippen LogP contribution is -2.41. The molecule has 0 aliphatic carbocycles. The molecule has 0 bridgehead atoms. The Morgan fingerprint density at radius 2 is 1.92 bits per heavy atom. The number of rotatable bonds is 4. The number of benzene rings is 1. The zero-order valence-electron chi connectivity index (χ0n) is 14.4. The molecule has 1 fully saturated rings. The van der Waals surface area contributed by atoms with Gasteiger partial charge in [-0.25, -0.2) is 4.79 Å². The summed E-state index contributed by atoms with van der Waals surface area (Å²) in [6.07, 6.45) is 3.72. The van der Waals surface area contributed by atoms with Crippen LogP contribution in [0.4, 0.5) is 0 Å². The Labute approximate surface area is 151 Å².